The summed E-state index contributed by atoms with van der Waals surface area (Å²) in [6.07, 6.45) is 6.03. The molecule has 1 aromatic rings. The minimum atomic E-state index is -0.677. The normalized spacial score (nSPS) is 20.2. The van der Waals surface area contributed by atoms with Crippen LogP contribution in [0.3, 0.4) is 0 Å². The Labute approximate surface area is 123 Å². The Kier molecular flexibility index (Phi) is 3.63. The van der Waals surface area contributed by atoms with E-state index in [0.717, 1.165) is 55.4 Å². The zero-order valence-corrected chi connectivity index (χ0v) is 12.2. The van der Waals surface area contributed by atoms with Crippen molar-refractivity contribution in [3.05, 3.63) is 28.3 Å². The first-order valence-corrected chi connectivity index (χ1v) is 7.66. The predicted octanol–water partition coefficient (Wildman–Crippen LogP) is 3.85. The first-order chi connectivity index (χ1) is 9.61. The molecule has 0 saturated heterocycles. The first-order valence-electron chi connectivity index (χ1n) is 7.28. The van der Waals surface area contributed by atoms with Crippen molar-refractivity contribution < 1.29 is 14.6 Å². The fraction of sp³-hybridized carbons (Fsp3) is 0.562. The summed E-state index contributed by atoms with van der Waals surface area (Å²) in [5.74, 6) is 0.199. The fourth-order valence-corrected chi connectivity index (χ4v) is 3.80. The molecule has 0 amide bonds. The molecule has 20 heavy (non-hydrogen) atoms. The number of carbonyl (C=O) groups is 1. The van der Waals surface area contributed by atoms with Gasteiger partial charge in [-0.2, -0.15) is 0 Å². The van der Waals surface area contributed by atoms with E-state index in [1.165, 1.54) is 0 Å². The number of hydrogen-bond acceptors (Lipinski definition) is 2. The zero-order chi connectivity index (χ0) is 14.2. The van der Waals surface area contributed by atoms with Crippen molar-refractivity contribution in [1.29, 1.82) is 0 Å². The van der Waals surface area contributed by atoms with Gasteiger partial charge in [-0.25, -0.2) is 0 Å². The minimum absolute atomic E-state index is 0.533. The maximum absolute atomic E-state index is 11.8. The molecule has 1 saturated carbocycles. The summed E-state index contributed by atoms with van der Waals surface area (Å²) in [7, 11) is 0. The number of aliphatic carboxylic acids is 1. The van der Waals surface area contributed by atoms with Crippen LogP contribution in [0.15, 0.2) is 12.1 Å². The molecule has 0 bridgehead atoms. The largest absolute Gasteiger partial charge is 0.493 e. The maximum atomic E-state index is 11.8. The summed E-state index contributed by atoms with van der Waals surface area (Å²) in [5.41, 5.74) is 1.45. The lowest BCUT2D eigenvalue weighted by molar-refractivity contribution is -0.151. The molecule has 0 aromatic heterocycles. The van der Waals surface area contributed by atoms with Gasteiger partial charge in [0.15, 0.2) is 0 Å². The summed E-state index contributed by atoms with van der Waals surface area (Å²) < 4.78 is 5.70. The number of halogens is 1. The number of fused-ring (bicyclic) bond motifs is 1. The van der Waals surface area contributed by atoms with Gasteiger partial charge < -0.3 is 9.84 Å². The van der Waals surface area contributed by atoms with Crippen LogP contribution in [-0.2, 0) is 17.6 Å². The molecule has 1 heterocycles. The summed E-state index contributed by atoms with van der Waals surface area (Å²) >= 11 is 6.17. The third-order valence-corrected chi connectivity index (χ3v) is 4.84. The second kappa shape index (κ2) is 5.28. The number of benzene rings is 1. The van der Waals surface area contributed by atoms with Crippen molar-refractivity contribution in [3.8, 4) is 5.75 Å². The number of carboxylic acids is 1. The molecule has 0 unspecified atom stereocenters. The average Bonchev–Trinajstić information content (AvgIpc) is 2.88. The molecule has 2 aliphatic rings. The van der Waals surface area contributed by atoms with Gasteiger partial charge in [-0.1, -0.05) is 30.9 Å². The van der Waals surface area contributed by atoms with Crippen LogP contribution in [0.5, 0.6) is 5.75 Å². The Morgan fingerprint density at radius 1 is 1.30 bits per heavy atom. The van der Waals surface area contributed by atoms with Crippen molar-refractivity contribution in [1.82, 2.24) is 0 Å². The number of carboxylic acid groups (broad SMARTS) is 1. The SMILES string of the molecule is O=C(O)C1(Cc2cc(Cl)cc3c2OCC3)CCCCC1. The first kappa shape index (κ1) is 13.7. The summed E-state index contributed by atoms with van der Waals surface area (Å²) in [5, 5.41) is 10.4. The quantitative estimate of drug-likeness (QED) is 0.921. The lowest BCUT2D eigenvalue weighted by atomic mass is 9.70. The van der Waals surface area contributed by atoms with Crippen LogP contribution in [0.1, 0.15) is 43.2 Å². The Hall–Kier alpha value is -1.22. The molecular weight excluding hydrogens is 276 g/mol. The summed E-state index contributed by atoms with van der Waals surface area (Å²) in [6.45, 7) is 0.669. The van der Waals surface area contributed by atoms with Crippen LogP contribution in [0.25, 0.3) is 0 Å². The molecule has 1 fully saturated rings. The zero-order valence-electron chi connectivity index (χ0n) is 11.5. The van der Waals surface area contributed by atoms with Gasteiger partial charge in [-0.15, -0.1) is 0 Å². The molecular formula is C16H19ClO3. The van der Waals surface area contributed by atoms with Gasteiger partial charge in [0.05, 0.1) is 12.0 Å². The van der Waals surface area contributed by atoms with E-state index in [0.29, 0.717) is 18.1 Å². The lowest BCUT2D eigenvalue weighted by Gasteiger charge is -2.33. The number of rotatable bonds is 3. The smallest absolute Gasteiger partial charge is 0.309 e. The van der Waals surface area contributed by atoms with E-state index in [4.69, 9.17) is 16.3 Å². The predicted molar refractivity (Wildman–Crippen MR) is 77.5 cm³/mol. The van der Waals surface area contributed by atoms with Crippen LogP contribution in [-0.4, -0.2) is 17.7 Å². The topological polar surface area (TPSA) is 46.5 Å². The molecule has 1 aliphatic carbocycles. The molecule has 0 radical (unpaired) electrons. The summed E-state index contributed by atoms with van der Waals surface area (Å²) in [4.78, 5) is 11.8. The van der Waals surface area contributed by atoms with E-state index in [1.54, 1.807) is 0 Å². The minimum Gasteiger partial charge on any atom is -0.493 e. The lowest BCUT2D eigenvalue weighted by Crippen LogP contribution is -2.35. The van der Waals surface area contributed by atoms with Crippen LogP contribution in [0.2, 0.25) is 5.02 Å². The van der Waals surface area contributed by atoms with E-state index in [2.05, 4.69) is 0 Å². The Morgan fingerprint density at radius 3 is 2.75 bits per heavy atom. The highest BCUT2D eigenvalue weighted by atomic mass is 35.5. The highest BCUT2D eigenvalue weighted by Crippen LogP contribution is 2.43. The Bertz CT molecular complexity index is 533. The summed E-state index contributed by atoms with van der Waals surface area (Å²) in [6, 6.07) is 3.81. The molecule has 3 rings (SSSR count). The van der Waals surface area contributed by atoms with Crippen LogP contribution < -0.4 is 4.74 Å². The van der Waals surface area contributed by atoms with Crippen molar-refractivity contribution in [2.45, 2.75) is 44.9 Å². The second-order valence-electron chi connectivity index (χ2n) is 5.97. The molecule has 3 nitrogen and oxygen atoms in total. The highest BCUT2D eigenvalue weighted by Gasteiger charge is 2.40. The Balaban J connectivity index is 1.95. The molecule has 0 atom stereocenters. The monoisotopic (exact) mass is 294 g/mol. The van der Waals surface area contributed by atoms with E-state index in [-0.39, 0.29) is 0 Å². The van der Waals surface area contributed by atoms with Crippen LogP contribution >= 0.6 is 11.6 Å². The third kappa shape index (κ3) is 2.39. The van der Waals surface area contributed by atoms with Gasteiger partial charge in [0.25, 0.3) is 0 Å². The van der Waals surface area contributed by atoms with Crippen molar-refractivity contribution >= 4 is 17.6 Å². The number of ether oxygens (including phenoxy) is 1. The van der Waals surface area contributed by atoms with E-state index in [1.807, 2.05) is 12.1 Å². The average molecular weight is 295 g/mol. The van der Waals surface area contributed by atoms with E-state index in [9.17, 15) is 9.90 Å². The molecule has 4 heteroatoms. The maximum Gasteiger partial charge on any atom is 0.309 e. The molecule has 0 spiro atoms. The van der Waals surface area contributed by atoms with Gasteiger partial charge in [-0.3, -0.25) is 4.79 Å². The second-order valence-corrected chi connectivity index (χ2v) is 6.41. The van der Waals surface area contributed by atoms with Crippen LogP contribution in [0, 0.1) is 5.41 Å². The van der Waals surface area contributed by atoms with Gasteiger partial charge in [0.2, 0.25) is 0 Å². The molecule has 1 aliphatic heterocycles. The van der Waals surface area contributed by atoms with Crippen molar-refractivity contribution in [2.75, 3.05) is 6.61 Å². The van der Waals surface area contributed by atoms with Gasteiger partial charge in [0.1, 0.15) is 5.75 Å². The standard InChI is InChI=1S/C16H19ClO3/c17-13-8-11-4-7-20-14(11)12(9-13)10-16(15(18)19)5-2-1-3-6-16/h8-9H,1-7,10H2,(H,18,19). The van der Waals surface area contributed by atoms with E-state index < -0.39 is 11.4 Å². The molecule has 108 valence electrons. The van der Waals surface area contributed by atoms with Crippen molar-refractivity contribution in [2.24, 2.45) is 5.41 Å². The van der Waals surface area contributed by atoms with Crippen molar-refractivity contribution in [3.63, 3.8) is 0 Å². The third-order valence-electron chi connectivity index (χ3n) is 4.62. The Morgan fingerprint density at radius 2 is 2.05 bits per heavy atom. The molecule has 1 N–H and O–H groups in total. The van der Waals surface area contributed by atoms with E-state index >= 15 is 0 Å². The highest BCUT2D eigenvalue weighted by molar-refractivity contribution is 6.30. The van der Waals surface area contributed by atoms with Gasteiger partial charge in [0, 0.05) is 11.4 Å². The van der Waals surface area contributed by atoms with Gasteiger partial charge >= 0.3 is 5.97 Å². The van der Waals surface area contributed by atoms with Gasteiger partial charge in [-0.05, 0) is 42.5 Å². The number of hydrogen-bond donors (Lipinski definition) is 1. The fourth-order valence-electron chi connectivity index (χ4n) is 3.54. The van der Waals surface area contributed by atoms with Crippen LogP contribution in [0.4, 0.5) is 0 Å². The molecule has 1 aromatic carbocycles.